The van der Waals surface area contributed by atoms with Crippen molar-refractivity contribution in [1.29, 1.82) is 0 Å². The Balaban J connectivity index is 2.01. The Labute approximate surface area is 95.8 Å². The van der Waals surface area contributed by atoms with Gasteiger partial charge < -0.3 is 14.8 Å². The van der Waals surface area contributed by atoms with Crippen LogP contribution in [0.5, 0.6) is 0 Å². The van der Waals surface area contributed by atoms with Crippen LogP contribution >= 0.6 is 11.8 Å². The van der Waals surface area contributed by atoms with E-state index in [0.29, 0.717) is 25.9 Å². The predicted molar refractivity (Wildman–Crippen MR) is 64.7 cm³/mol. The highest BCUT2D eigenvalue weighted by molar-refractivity contribution is 8.14. The van der Waals surface area contributed by atoms with Gasteiger partial charge in [-0.1, -0.05) is 18.7 Å². The topological polar surface area (TPSA) is 42.9 Å². The van der Waals surface area contributed by atoms with Gasteiger partial charge in [-0.25, -0.2) is 0 Å². The lowest BCUT2D eigenvalue weighted by Gasteiger charge is -2.05. The number of rotatable bonds is 7. The highest BCUT2D eigenvalue weighted by Gasteiger charge is 2.17. The molecule has 1 unspecified atom stereocenters. The summed E-state index contributed by atoms with van der Waals surface area (Å²) >= 11 is 1.80. The molecule has 1 aliphatic heterocycles. The van der Waals surface area contributed by atoms with E-state index in [1.54, 1.807) is 18.9 Å². The maximum atomic E-state index is 5.32. The summed E-state index contributed by atoms with van der Waals surface area (Å²) in [6.07, 6.45) is 1.16. The Hall–Kier alpha value is -0.260. The summed E-state index contributed by atoms with van der Waals surface area (Å²) in [5.41, 5.74) is 0. The van der Waals surface area contributed by atoms with Gasteiger partial charge >= 0.3 is 0 Å². The molecule has 0 radical (unpaired) electrons. The minimum atomic E-state index is 0.600. The molecule has 1 aliphatic rings. The lowest BCUT2D eigenvalue weighted by Crippen LogP contribution is -2.26. The van der Waals surface area contributed by atoms with Gasteiger partial charge in [0, 0.05) is 18.9 Å². The van der Waals surface area contributed by atoms with Gasteiger partial charge in [-0.3, -0.25) is 4.99 Å². The van der Waals surface area contributed by atoms with Crippen LogP contribution in [0.4, 0.5) is 0 Å². The number of hydrogen-bond acceptors (Lipinski definition) is 4. The van der Waals surface area contributed by atoms with E-state index in [-0.39, 0.29) is 0 Å². The van der Waals surface area contributed by atoms with Gasteiger partial charge in [-0.15, -0.1) is 0 Å². The smallest absolute Gasteiger partial charge is 0.156 e. The van der Waals surface area contributed by atoms with E-state index in [0.717, 1.165) is 23.9 Å². The molecule has 1 atom stereocenters. The van der Waals surface area contributed by atoms with Crippen LogP contribution in [0.1, 0.15) is 13.3 Å². The van der Waals surface area contributed by atoms with Gasteiger partial charge in [-0.05, 0) is 6.42 Å². The van der Waals surface area contributed by atoms with Crippen LogP contribution < -0.4 is 5.32 Å². The van der Waals surface area contributed by atoms with E-state index in [1.165, 1.54) is 0 Å². The molecule has 5 heteroatoms. The molecule has 0 bridgehead atoms. The van der Waals surface area contributed by atoms with Gasteiger partial charge in [0.2, 0.25) is 0 Å². The second kappa shape index (κ2) is 7.96. The number of methoxy groups -OCH3 is 1. The third-order valence-corrected chi connectivity index (χ3v) is 3.25. The molecule has 15 heavy (non-hydrogen) atoms. The van der Waals surface area contributed by atoms with Crippen molar-refractivity contribution in [1.82, 2.24) is 5.32 Å². The Morgan fingerprint density at radius 3 is 3.00 bits per heavy atom. The second-order valence-corrected chi connectivity index (χ2v) is 4.36. The quantitative estimate of drug-likeness (QED) is 0.668. The zero-order chi connectivity index (χ0) is 10.9. The number of nitrogens with zero attached hydrogens (tertiary/aromatic N) is 1. The fourth-order valence-corrected chi connectivity index (χ4v) is 2.32. The summed E-state index contributed by atoms with van der Waals surface area (Å²) in [6.45, 7) is 4.90. The van der Waals surface area contributed by atoms with Crippen LogP contribution in [0.25, 0.3) is 0 Å². The maximum Gasteiger partial charge on any atom is 0.156 e. The van der Waals surface area contributed by atoms with Gasteiger partial charge in [-0.2, -0.15) is 0 Å². The Kier molecular flexibility index (Phi) is 6.80. The summed E-state index contributed by atoms with van der Waals surface area (Å²) in [4.78, 5) is 4.42. The van der Waals surface area contributed by atoms with Crippen molar-refractivity contribution in [3.8, 4) is 0 Å². The predicted octanol–water partition coefficient (Wildman–Crippen LogP) is 1.12. The molecule has 1 heterocycles. The molecule has 1 saturated heterocycles. The average molecular weight is 232 g/mol. The third kappa shape index (κ3) is 5.39. The molecular weight excluding hydrogens is 212 g/mol. The normalized spacial score (nSPS) is 23.3. The standard InChI is InChI=1S/C10H20N2O2S/c1-3-9-8-15-10(12-9)11-4-5-14-7-6-13-2/h9H,3-8H2,1-2H3,(H,11,12). The molecule has 0 saturated carbocycles. The summed E-state index contributed by atoms with van der Waals surface area (Å²) in [6, 6.07) is 0.600. The molecule has 0 aromatic heterocycles. The van der Waals surface area contributed by atoms with Gasteiger partial charge in [0.15, 0.2) is 5.17 Å². The van der Waals surface area contributed by atoms with Crippen LogP contribution in [0, 0.1) is 0 Å². The molecule has 1 N–H and O–H groups in total. The van der Waals surface area contributed by atoms with Crippen molar-refractivity contribution in [2.45, 2.75) is 19.4 Å². The van der Waals surface area contributed by atoms with Crippen molar-refractivity contribution < 1.29 is 9.47 Å². The number of aliphatic imine (C=N–C) groups is 1. The number of thioether (sulfide) groups is 1. The fraction of sp³-hybridized carbons (Fsp3) is 0.900. The number of nitrogens with one attached hydrogen (secondary N) is 1. The molecule has 0 aromatic rings. The molecule has 0 aromatic carbocycles. The van der Waals surface area contributed by atoms with E-state index in [9.17, 15) is 0 Å². The maximum absolute atomic E-state index is 5.32. The molecule has 0 spiro atoms. The van der Waals surface area contributed by atoms with Crippen LogP contribution in [0.3, 0.4) is 0 Å². The summed E-state index contributed by atoms with van der Waals surface area (Å²) < 4.78 is 10.2. The van der Waals surface area contributed by atoms with Crippen molar-refractivity contribution >= 4 is 16.9 Å². The second-order valence-electron chi connectivity index (χ2n) is 3.35. The first-order valence-corrected chi connectivity index (χ1v) is 6.35. The van der Waals surface area contributed by atoms with Gasteiger partial charge in [0.05, 0.1) is 26.4 Å². The van der Waals surface area contributed by atoms with E-state index < -0.39 is 0 Å². The van der Waals surface area contributed by atoms with Gasteiger partial charge in [0.1, 0.15) is 0 Å². The average Bonchev–Trinajstić information content (AvgIpc) is 2.71. The minimum absolute atomic E-state index is 0.600. The van der Waals surface area contributed by atoms with E-state index >= 15 is 0 Å². The molecule has 0 aliphatic carbocycles. The molecule has 1 rings (SSSR count). The monoisotopic (exact) mass is 232 g/mol. The SMILES string of the molecule is CCC1CSC(=NCCOCCOC)N1. The Morgan fingerprint density at radius 2 is 2.33 bits per heavy atom. The fourth-order valence-electron chi connectivity index (χ4n) is 1.20. The van der Waals surface area contributed by atoms with E-state index in [2.05, 4.69) is 17.2 Å². The summed E-state index contributed by atoms with van der Waals surface area (Å²) in [5.74, 6) is 1.14. The van der Waals surface area contributed by atoms with Crippen LogP contribution in [0.2, 0.25) is 0 Å². The first-order valence-electron chi connectivity index (χ1n) is 5.37. The lowest BCUT2D eigenvalue weighted by atomic mass is 10.3. The van der Waals surface area contributed by atoms with Crippen molar-refractivity contribution in [3.05, 3.63) is 0 Å². The molecule has 1 fully saturated rings. The largest absolute Gasteiger partial charge is 0.382 e. The van der Waals surface area contributed by atoms with Crippen LogP contribution in [-0.4, -0.2) is 50.4 Å². The number of hydrogen-bond donors (Lipinski definition) is 1. The number of amidine groups is 1. The molecule has 88 valence electrons. The van der Waals surface area contributed by atoms with Crippen molar-refractivity contribution in [2.75, 3.05) is 39.2 Å². The van der Waals surface area contributed by atoms with E-state index in [4.69, 9.17) is 9.47 Å². The Bertz CT molecular complexity index is 200. The summed E-state index contributed by atoms with van der Waals surface area (Å²) in [7, 11) is 1.67. The summed E-state index contributed by atoms with van der Waals surface area (Å²) in [5, 5.41) is 4.44. The highest BCUT2D eigenvalue weighted by Crippen LogP contribution is 2.15. The zero-order valence-electron chi connectivity index (χ0n) is 9.49. The van der Waals surface area contributed by atoms with Crippen molar-refractivity contribution in [3.63, 3.8) is 0 Å². The van der Waals surface area contributed by atoms with Gasteiger partial charge in [0.25, 0.3) is 0 Å². The molecule has 4 nitrogen and oxygen atoms in total. The Morgan fingerprint density at radius 1 is 1.47 bits per heavy atom. The molecular formula is C10H20N2O2S. The third-order valence-electron chi connectivity index (χ3n) is 2.16. The van der Waals surface area contributed by atoms with Crippen molar-refractivity contribution in [2.24, 2.45) is 4.99 Å². The van der Waals surface area contributed by atoms with Crippen LogP contribution in [0.15, 0.2) is 4.99 Å². The highest BCUT2D eigenvalue weighted by atomic mass is 32.2. The first kappa shape index (κ1) is 12.8. The lowest BCUT2D eigenvalue weighted by molar-refractivity contribution is 0.0748. The number of ether oxygens (including phenoxy) is 2. The first-order chi connectivity index (χ1) is 7.36. The van der Waals surface area contributed by atoms with E-state index in [1.807, 2.05) is 0 Å². The van der Waals surface area contributed by atoms with Crippen LogP contribution in [-0.2, 0) is 9.47 Å². The zero-order valence-corrected chi connectivity index (χ0v) is 10.3. The molecule has 0 amide bonds. The minimum Gasteiger partial charge on any atom is -0.382 e.